The summed E-state index contributed by atoms with van der Waals surface area (Å²) in [5.41, 5.74) is 4.12. The Balaban J connectivity index is 2.57. The maximum Gasteiger partial charge on any atom is 0.133 e. The predicted octanol–water partition coefficient (Wildman–Crippen LogP) is 4.38. The van der Waals surface area contributed by atoms with Gasteiger partial charge in [0.15, 0.2) is 0 Å². The van der Waals surface area contributed by atoms with Crippen LogP contribution in [-0.4, -0.2) is 0 Å². The number of benzene rings is 1. The second-order valence-electron chi connectivity index (χ2n) is 5.05. The van der Waals surface area contributed by atoms with E-state index in [4.69, 9.17) is 4.74 Å². The molecule has 1 aromatic carbocycles. The van der Waals surface area contributed by atoms with Gasteiger partial charge in [-0.25, -0.2) is 0 Å². The molecule has 0 spiro atoms. The zero-order valence-corrected chi connectivity index (χ0v) is 10.6. The van der Waals surface area contributed by atoms with Gasteiger partial charge in [0.05, 0.1) is 6.26 Å². The van der Waals surface area contributed by atoms with Crippen LogP contribution in [0.25, 0.3) is 0 Å². The quantitative estimate of drug-likeness (QED) is 0.712. The minimum atomic E-state index is 0.515. The lowest BCUT2D eigenvalue weighted by Crippen LogP contribution is -2.06. The van der Waals surface area contributed by atoms with Crippen molar-refractivity contribution in [1.82, 2.24) is 0 Å². The molecule has 0 unspecified atom stereocenters. The fourth-order valence-corrected chi connectivity index (χ4v) is 2.29. The minimum Gasteiger partial charge on any atom is -0.465 e. The van der Waals surface area contributed by atoms with Crippen molar-refractivity contribution in [3.05, 3.63) is 41.2 Å². The summed E-state index contributed by atoms with van der Waals surface area (Å²) >= 11 is 0. The standard InChI is InChI=1S/C15H20O/c1-10(2)12-7-8-13(11(3)4)15-14(12)6-5-9-16-15/h5,7-11H,6H2,1-4H3. The van der Waals surface area contributed by atoms with E-state index in [1.54, 1.807) is 0 Å². The van der Waals surface area contributed by atoms with Crippen molar-refractivity contribution in [2.45, 2.75) is 46.0 Å². The van der Waals surface area contributed by atoms with Crippen LogP contribution in [0.4, 0.5) is 0 Å². The Hall–Kier alpha value is -1.24. The molecular weight excluding hydrogens is 196 g/mol. The number of ether oxygens (including phenoxy) is 1. The molecule has 0 amide bonds. The topological polar surface area (TPSA) is 9.23 Å². The first-order valence-corrected chi connectivity index (χ1v) is 6.08. The summed E-state index contributed by atoms with van der Waals surface area (Å²) in [6.45, 7) is 8.91. The third-order valence-corrected chi connectivity index (χ3v) is 3.18. The van der Waals surface area contributed by atoms with Crippen LogP contribution in [0.2, 0.25) is 0 Å². The van der Waals surface area contributed by atoms with Gasteiger partial charge in [0.2, 0.25) is 0 Å². The van der Waals surface area contributed by atoms with Crippen molar-refractivity contribution < 1.29 is 4.74 Å². The molecule has 0 aromatic heterocycles. The minimum absolute atomic E-state index is 0.515. The highest BCUT2D eigenvalue weighted by molar-refractivity contribution is 5.51. The fraction of sp³-hybridized carbons (Fsp3) is 0.467. The van der Waals surface area contributed by atoms with Gasteiger partial charge in [-0.05, 0) is 35.5 Å². The van der Waals surface area contributed by atoms with E-state index in [9.17, 15) is 0 Å². The first-order valence-electron chi connectivity index (χ1n) is 6.08. The van der Waals surface area contributed by atoms with Gasteiger partial charge < -0.3 is 4.74 Å². The van der Waals surface area contributed by atoms with Crippen LogP contribution < -0.4 is 4.74 Å². The molecule has 1 aliphatic rings. The molecule has 0 bridgehead atoms. The van der Waals surface area contributed by atoms with Gasteiger partial charge in [0.1, 0.15) is 5.75 Å². The summed E-state index contributed by atoms with van der Waals surface area (Å²) in [5, 5.41) is 0. The maximum atomic E-state index is 5.73. The SMILES string of the molecule is CC(C)c1ccc(C(C)C)c2c1CC=CO2. The van der Waals surface area contributed by atoms with Crippen LogP contribution in [0, 0.1) is 0 Å². The first-order chi connectivity index (χ1) is 7.61. The Morgan fingerprint density at radius 2 is 1.62 bits per heavy atom. The van der Waals surface area contributed by atoms with Crippen LogP contribution >= 0.6 is 0 Å². The molecule has 1 heterocycles. The van der Waals surface area contributed by atoms with Gasteiger partial charge in [0.25, 0.3) is 0 Å². The number of rotatable bonds is 2. The molecule has 0 atom stereocenters. The lowest BCUT2D eigenvalue weighted by atomic mass is 9.89. The summed E-state index contributed by atoms with van der Waals surface area (Å²) in [6.07, 6.45) is 4.92. The van der Waals surface area contributed by atoms with Gasteiger partial charge in [0, 0.05) is 5.56 Å². The summed E-state index contributed by atoms with van der Waals surface area (Å²) < 4.78 is 5.73. The second kappa shape index (κ2) is 4.32. The molecule has 0 saturated heterocycles. The van der Waals surface area contributed by atoms with Gasteiger partial charge in [-0.3, -0.25) is 0 Å². The highest BCUT2D eigenvalue weighted by Gasteiger charge is 2.18. The number of hydrogen-bond donors (Lipinski definition) is 0. The molecule has 1 aromatic rings. The molecule has 0 radical (unpaired) electrons. The summed E-state index contributed by atoms with van der Waals surface area (Å²) in [6, 6.07) is 4.49. The highest BCUT2D eigenvalue weighted by atomic mass is 16.5. The average molecular weight is 216 g/mol. The molecule has 0 aliphatic carbocycles. The molecule has 0 fully saturated rings. The van der Waals surface area contributed by atoms with E-state index in [2.05, 4.69) is 45.9 Å². The second-order valence-corrected chi connectivity index (χ2v) is 5.05. The molecule has 1 nitrogen and oxygen atoms in total. The average Bonchev–Trinajstić information content (AvgIpc) is 2.27. The lowest BCUT2D eigenvalue weighted by molar-refractivity contribution is 0.453. The zero-order valence-electron chi connectivity index (χ0n) is 10.6. The first kappa shape index (κ1) is 11.3. The van der Waals surface area contributed by atoms with E-state index < -0.39 is 0 Å². The maximum absolute atomic E-state index is 5.73. The summed E-state index contributed by atoms with van der Waals surface area (Å²) in [4.78, 5) is 0. The Morgan fingerprint density at radius 1 is 1.00 bits per heavy atom. The van der Waals surface area contributed by atoms with Crippen LogP contribution in [-0.2, 0) is 6.42 Å². The molecule has 16 heavy (non-hydrogen) atoms. The molecule has 2 rings (SSSR count). The van der Waals surface area contributed by atoms with E-state index in [1.165, 1.54) is 16.7 Å². The lowest BCUT2D eigenvalue weighted by Gasteiger charge is -2.22. The molecule has 0 saturated carbocycles. The van der Waals surface area contributed by atoms with Gasteiger partial charge in [-0.15, -0.1) is 0 Å². The number of allylic oxidation sites excluding steroid dienone is 1. The fourth-order valence-electron chi connectivity index (χ4n) is 2.29. The molecular formula is C15H20O. The van der Waals surface area contributed by atoms with Crippen LogP contribution in [0.5, 0.6) is 5.75 Å². The van der Waals surface area contributed by atoms with Gasteiger partial charge in [-0.1, -0.05) is 39.8 Å². The Kier molecular flexibility index (Phi) is 3.04. The van der Waals surface area contributed by atoms with Crippen molar-refractivity contribution in [3.8, 4) is 5.75 Å². The van der Waals surface area contributed by atoms with E-state index in [0.29, 0.717) is 11.8 Å². The molecule has 1 aliphatic heterocycles. The zero-order chi connectivity index (χ0) is 11.7. The van der Waals surface area contributed by atoms with Crippen molar-refractivity contribution in [1.29, 1.82) is 0 Å². The highest BCUT2D eigenvalue weighted by Crippen LogP contribution is 2.37. The molecule has 0 N–H and O–H groups in total. The monoisotopic (exact) mass is 216 g/mol. The third kappa shape index (κ3) is 1.87. The van der Waals surface area contributed by atoms with E-state index in [0.717, 1.165) is 12.2 Å². The Bertz CT molecular complexity index is 375. The largest absolute Gasteiger partial charge is 0.465 e. The van der Waals surface area contributed by atoms with E-state index >= 15 is 0 Å². The number of fused-ring (bicyclic) bond motifs is 1. The van der Waals surface area contributed by atoms with Crippen LogP contribution in [0.3, 0.4) is 0 Å². The van der Waals surface area contributed by atoms with E-state index in [-0.39, 0.29) is 0 Å². The summed E-state index contributed by atoms with van der Waals surface area (Å²) in [5.74, 6) is 2.18. The van der Waals surface area contributed by atoms with Crippen molar-refractivity contribution in [3.63, 3.8) is 0 Å². The normalized spacial score (nSPS) is 14.1. The van der Waals surface area contributed by atoms with Gasteiger partial charge >= 0.3 is 0 Å². The smallest absolute Gasteiger partial charge is 0.133 e. The van der Waals surface area contributed by atoms with Gasteiger partial charge in [-0.2, -0.15) is 0 Å². The van der Waals surface area contributed by atoms with Crippen molar-refractivity contribution in [2.24, 2.45) is 0 Å². The van der Waals surface area contributed by atoms with Crippen LogP contribution in [0.1, 0.15) is 56.2 Å². The van der Waals surface area contributed by atoms with Crippen molar-refractivity contribution >= 4 is 0 Å². The van der Waals surface area contributed by atoms with E-state index in [1.807, 2.05) is 6.26 Å². The third-order valence-electron chi connectivity index (χ3n) is 3.18. The van der Waals surface area contributed by atoms with Crippen molar-refractivity contribution in [2.75, 3.05) is 0 Å². The summed E-state index contributed by atoms with van der Waals surface area (Å²) in [7, 11) is 0. The molecule has 86 valence electrons. The Morgan fingerprint density at radius 3 is 2.25 bits per heavy atom. The Labute approximate surface area is 98.1 Å². The number of hydrogen-bond acceptors (Lipinski definition) is 1. The predicted molar refractivity (Wildman–Crippen MR) is 68.1 cm³/mol. The molecule has 1 heteroatoms. The van der Waals surface area contributed by atoms with Crippen LogP contribution in [0.15, 0.2) is 24.5 Å².